The molecule has 0 unspecified atom stereocenters. The molecule has 0 aliphatic heterocycles. The van der Waals surface area contributed by atoms with Crippen molar-refractivity contribution in [3.63, 3.8) is 0 Å². The summed E-state index contributed by atoms with van der Waals surface area (Å²) >= 11 is 5.63. The molecule has 0 aliphatic rings. The third-order valence-corrected chi connectivity index (χ3v) is 2.53. The van der Waals surface area contributed by atoms with Gasteiger partial charge in [-0.3, -0.25) is 0 Å². The summed E-state index contributed by atoms with van der Waals surface area (Å²) in [5.41, 5.74) is 0. The third-order valence-electron chi connectivity index (χ3n) is 2.26. The van der Waals surface area contributed by atoms with Crippen LogP contribution in [0.4, 0.5) is 4.79 Å². The third kappa shape index (κ3) is 5.09. The maximum Gasteiger partial charge on any atom is 0.415 e. The van der Waals surface area contributed by atoms with Crippen molar-refractivity contribution in [1.29, 1.82) is 0 Å². The molecule has 1 aromatic carbocycles. The molecule has 0 radical (unpaired) electrons. The normalized spacial score (nSPS) is 10.0. The van der Waals surface area contributed by atoms with Crippen LogP contribution in [0.1, 0.15) is 19.8 Å². The number of alkyl halides is 1. The molecule has 0 bridgehead atoms. The Kier molecular flexibility index (Phi) is 6.48. The Bertz CT molecular complexity index is 329. The summed E-state index contributed by atoms with van der Waals surface area (Å²) in [4.78, 5) is 13.6. The highest BCUT2D eigenvalue weighted by molar-refractivity contribution is 6.17. The van der Waals surface area contributed by atoms with Gasteiger partial charge in [-0.05, 0) is 25.0 Å². The number of ether oxygens (including phenoxy) is 1. The SMILES string of the molecule is CCCN(CCCCl)C(=O)Oc1ccccc1. The standard InChI is InChI=1S/C13H18ClNO2/c1-2-10-15(11-6-9-14)13(16)17-12-7-4-3-5-8-12/h3-5,7-8H,2,6,9-11H2,1H3. The summed E-state index contributed by atoms with van der Waals surface area (Å²) in [5, 5.41) is 0. The lowest BCUT2D eigenvalue weighted by atomic mass is 10.3. The van der Waals surface area contributed by atoms with Gasteiger partial charge in [0, 0.05) is 19.0 Å². The fourth-order valence-electron chi connectivity index (χ4n) is 1.47. The van der Waals surface area contributed by atoms with Crippen molar-refractivity contribution in [2.24, 2.45) is 0 Å². The number of amides is 1. The molecule has 0 saturated carbocycles. The Morgan fingerprint density at radius 2 is 2.00 bits per heavy atom. The highest BCUT2D eigenvalue weighted by Crippen LogP contribution is 2.10. The lowest BCUT2D eigenvalue weighted by Crippen LogP contribution is -2.35. The minimum absolute atomic E-state index is 0.303. The molecule has 0 aromatic heterocycles. The second-order valence-corrected chi connectivity index (χ2v) is 4.09. The number of para-hydroxylation sites is 1. The molecular formula is C13H18ClNO2. The van der Waals surface area contributed by atoms with Crippen LogP contribution < -0.4 is 4.74 Å². The van der Waals surface area contributed by atoms with Gasteiger partial charge in [0.25, 0.3) is 0 Å². The number of nitrogens with zero attached hydrogens (tertiary/aromatic N) is 1. The van der Waals surface area contributed by atoms with E-state index in [0.29, 0.717) is 24.7 Å². The largest absolute Gasteiger partial charge is 0.415 e. The van der Waals surface area contributed by atoms with Gasteiger partial charge in [-0.1, -0.05) is 25.1 Å². The van der Waals surface area contributed by atoms with E-state index in [-0.39, 0.29) is 6.09 Å². The average Bonchev–Trinajstić information content (AvgIpc) is 2.35. The highest BCUT2D eigenvalue weighted by atomic mass is 35.5. The zero-order valence-electron chi connectivity index (χ0n) is 10.1. The van der Waals surface area contributed by atoms with Crippen molar-refractivity contribution in [1.82, 2.24) is 4.90 Å². The van der Waals surface area contributed by atoms with Crippen LogP contribution in [0.15, 0.2) is 30.3 Å². The van der Waals surface area contributed by atoms with E-state index in [1.54, 1.807) is 17.0 Å². The van der Waals surface area contributed by atoms with Gasteiger partial charge < -0.3 is 9.64 Å². The number of benzene rings is 1. The number of carbonyl (C=O) groups excluding carboxylic acids is 1. The predicted molar refractivity (Wildman–Crippen MR) is 69.7 cm³/mol. The lowest BCUT2D eigenvalue weighted by molar-refractivity contribution is 0.152. The van der Waals surface area contributed by atoms with Crippen LogP contribution in [0.2, 0.25) is 0 Å². The van der Waals surface area contributed by atoms with Crippen molar-refractivity contribution in [2.75, 3.05) is 19.0 Å². The van der Waals surface area contributed by atoms with Crippen molar-refractivity contribution in [2.45, 2.75) is 19.8 Å². The molecule has 0 spiro atoms. The molecule has 4 heteroatoms. The molecule has 0 saturated heterocycles. The van der Waals surface area contributed by atoms with Gasteiger partial charge in [-0.2, -0.15) is 0 Å². The van der Waals surface area contributed by atoms with Crippen LogP contribution in [0.3, 0.4) is 0 Å². The van der Waals surface area contributed by atoms with Crippen LogP contribution >= 0.6 is 11.6 Å². The zero-order chi connectivity index (χ0) is 12.5. The number of halogens is 1. The van der Waals surface area contributed by atoms with Crippen LogP contribution in [-0.4, -0.2) is 30.0 Å². The van der Waals surface area contributed by atoms with E-state index in [4.69, 9.17) is 16.3 Å². The molecule has 1 amide bonds. The average molecular weight is 256 g/mol. The molecule has 0 atom stereocenters. The monoisotopic (exact) mass is 255 g/mol. The fourth-order valence-corrected chi connectivity index (χ4v) is 1.59. The minimum atomic E-state index is -0.303. The van der Waals surface area contributed by atoms with E-state index in [1.165, 1.54) is 0 Å². The van der Waals surface area contributed by atoms with E-state index in [9.17, 15) is 4.79 Å². The van der Waals surface area contributed by atoms with Crippen LogP contribution in [0.25, 0.3) is 0 Å². The van der Waals surface area contributed by atoms with Gasteiger partial charge in [0.05, 0.1) is 0 Å². The van der Waals surface area contributed by atoms with Gasteiger partial charge in [-0.15, -0.1) is 11.6 Å². The number of carbonyl (C=O) groups is 1. The van der Waals surface area contributed by atoms with E-state index < -0.39 is 0 Å². The van der Waals surface area contributed by atoms with Crippen molar-refractivity contribution in [3.8, 4) is 5.75 Å². The van der Waals surface area contributed by atoms with Gasteiger partial charge >= 0.3 is 6.09 Å². The quantitative estimate of drug-likeness (QED) is 0.728. The van der Waals surface area contributed by atoms with E-state index >= 15 is 0 Å². The predicted octanol–water partition coefficient (Wildman–Crippen LogP) is 3.53. The highest BCUT2D eigenvalue weighted by Gasteiger charge is 2.14. The van der Waals surface area contributed by atoms with Crippen molar-refractivity contribution in [3.05, 3.63) is 30.3 Å². The lowest BCUT2D eigenvalue weighted by Gasteiger charge is -2.20. The molecule has 0 fully saturated rings. The fraction of sp³-hybridized carbons (Fsp3) is 0.462. The number of hydrogen-bond donors (Lipinski definition) is 0. The first-order valence-electron chi connectivity index (χ1n) is 5.85. The first-order chi connectivity index (χ1) is 8.27. The van der Waals surface area contributed by atoms with Gasteiger partial charge in [0.15, 0.2) is 0 Å². The first kappa shape index (κ1) is 13.8. The second-order valence-electron chi connectivity index (χ2n) is 3.71. The van der Waals surface area contributed by atoms with E-state index in [2.05, 4.69) is 0 Å². The molecule has 0 heterocycles. The summed E-state index contributed by atoms with van der Waals surface area (Å²) in [5.74, 6) is 1.13. The van der Waals surface area contributed by atoms with Crippen LogP contribution in [0, 0.1) is 0 Å². The molecule has 1 aromatic rings. The van der Waals surface area contributed by atoms with Crippen LogP contribution in [-0.2, 0) is 0 Å². The van der Waals surface area contributed by atoms with Crippen LogP contribution in [0.5, 0.6) is 5.75 Å². The smallest absolute Gasteiger partial charge is 0.410 e. The minimum Gasteiger partial charge on any atom is -0.410 e. The molecule has 3 nitrogen and oxygen atoms in total. The topological polar surface area (TPSA) is 29.5 Å². The Morgan fingerprint density at radius 3 is 2.59 bits per heavy atom. The maximum absolute atomic E-state index is 11.9. The summed E-state index contributed by atoms with van der Waals surface area (Å²) < 4.78 is 5.27. The molecule has 94 valence electrons. The summed E-state index contributed by atoms with van der Waals surface area (Å²) in [6.07, 6.45) is 1.39. The summed E-state index contributed by atoms with van der Waals surface area (Å²) in [6.45, 7) is 3.37. The Morgan fingerprint density at radius 1 is 1.29 bits per heavy atom. The van der Waals surface area contributed by atoms with Gasteiger partial charge in [0.1, 0.15) is 5.75 Å². The Balaban J connectivity index is 2.52. The van der Waals surface area contributed by atoms with E-state index in [0.717, 1.165) is 12.8 Å². The van der Waals surface area contributed by atoms with Gasteiger partial charge in [-0.25, -0.2) is 4.79 Å². The second kappa shape index (κ2) is 7.96. The zero-order valence-corrected chi connectivity index (χ0v) is 10.8. The molecular weight excluding hydrogens is 238 g/mol. The van der Waals surface area contributed by atoms with Crippen molar-refractivity contribution >= 4 is 17.7 Å². The summed E-state index contributed by atoms with van der Waals surface area (Å²) in [7, 11) is 0. The van der Waals surface area contributed by atoms with Crippen molar-refractivity contribution < 1.29 is 9.53 Å². The van der Waals surface area contributed by atoms with Gasteiger partial charge in [0.2, 0.25) is 0 Å². The molecule has 0 N–H and O–H groups in total. The molecule has 17 heavy (non-hydrogen) atoms. The first-order valence-corrected chi connectivity index (χ1v) is 6.39. The molecule has 0 aliphatic carbocycles. The Hall–Kier alpha value is -1.22. The maximum atomic E-state index is 11.9. The number of hydrogen-bond acceptors (Lipinski definition) is 2. The number of rotatable bonds is 6. The molecule has 1 rings (SSSR count). The van der Waals surface area contributed by atoms with E-state index in [1.807, 2.05) is 25.1 Å². The Labute approximate surface area is 107 Å². The summed E-state index contributed by atoms with van der Waals surface area (Å²) in [6, 6.07) is 9.10.